The van der Waals surface area contributed by atoms with Gasteiger partial charge in [0.15, 0.2) is 0 Å². The highest BCUT2D eigenvalue weighted by Crippen LogP contribution is 2.31. The van der Waals surface area contributed by atoms with Crippen molar-refractivity contribution in [2.75, 3.05) is 0 Å². The zero-order valence-electron chi connectivity index (χ0n) is 21.7. The van der Waals surface area contributed by atoms with Crippen LogP contribution in [0.4, 0.5) is 13.2 Å². The Morgan fingerprint density at radius 2 is 1.65 bits per heavy atom. The van der Waals surface area contributed by atoms with Gasteiger partial charge in [0, 0.05) is 12.1 Å². The molecule has 0 aliphatic heterocycles. The molecule has 0 spiro atoms. The van der Waals surface area contributed by atoms with Crippen LogP contribution < -0.4 is 4.18 Å². The Balaban J connectivity index is 1.55. The van der Waals surface area contributed by atoms with Crippen LogP contribution in [0, 0.1) is 0 Å². The molecule has 0 bridgehead atoms. The minimum atomic E-state index is -4.70. The van der Waals surface area contributed by atoms with E-state index in [4.69, 9.17) is 8.60 Å². The topological polar surface area (TPSA) is 76.8 Å². The molecule has 40 heavy (non-hydrogen) atoms. The monoisotopic (exact) mass is 571 g/mol. The first-order valence-electron chi connectivity index (χ1n) is 12.7. The zero-order chi connectivity index (χ0) is 28.8. The summed E-state index contributed by atoms with van der Waals surface area (Å²) < 4.78 is 75.3. The maximum atomic E-state index is 13.5. The van der Waals surface area contributed by atoms with E-state index in [2.05, 4.69) is 6.92 Å². The molecule has 210 valence electrons. The summed E-state index contributed by atoms with van der Waals surface area (Å²) in [7, 11) is -4.55. The molecule has 0 unspecified atom stereocenters. The van der Waals surface area contributed by atoms with Crippen LogP contribution in [0.15, 0.2) is 101 Å². The third-order valence-electron chi connectivity index (χ3n) is 6.16. The summed E-state index contributed by atoms with van der Waals surface area (Å²) in [5.41, 5.74) is 1.08. The van der Waals surface area contributed by atoms with E-state index in [0.29, 0.717) is 23.0 Å². The molecule has 10 heteroatoms. The van der Waals surface area contributed by atoms with Gasteiger partial charge in [-0.15, -0.1) is 0 Å². The number of unbranched alkanes of at least 4 members (excludes halogenated alkanes) is 1. The van der Waals surface area contributed by atoms with Crippen molar-refractivity contribution in [3.8, 4) is 5.75 Å². The zero-order valence-corrected chi connectivity index (χ0v) is 22.5. The van der Waals surface area contributed by atoms with Crippen LogP contribution in [-0.2, 0) is 35.8 Å². The van der Waals surface area contributed by atoms with Crippen LogP contribution in [0.25, 0.3) is 0 Å². The third kappa shape index (κ3) is 7.53. The van der Waals surface area contributed by atoms with Crippen LogP contribution in [0.3, 0.4) is 0 Å². The number of aryl methyl sites for hydroxylation is 1. The van der Waals surface area contributed by atoms with Crippen LogP contribution in [0.2, 0.25) is 0 Å². The second-order valence-electron chi connectivity index (χ2n) is 9.25. The SMILES string of the molecule is CCCCc1ccc(C(=O)N(Cc2cccc(OS(=O)(=O)c3cccc(C(F)(F)F)c3)c2)Cc2ccco2)cc1. The Hall–Kier alpha value is -4.05. The second-order valence-corrected chi connectivity index (χ2v) is 10.8. The Labute approximate surface area is 231 Å². The van der Waals surface area contributed by atoms with Gasteiger partial charge in [0.25, 0.3) is 5.91 Å². The molecule has 0 aliphatic rings. The van der Waals surface area contributed by atoms with Gasteiger partial charge in [-0.25, -0.2) is 0 Å². The number of rotatable bonds is 11. The molecular formula is C30H28F3NO5S. The van der Waals surface area contributed by atoms with E-state index in [-0.39, 0.29) is 24.7 Å². The van der Waals surface area contributed by atoms with Crippen molar-refractivity contribution in [2.24, 2.45) is 0 Å². The summed E-state index contributed by atoms with van der Waals surface area (Å²) in [5.74, 6) is 0.217. The van der Waals surface area contributed by atoms with Crippen molar-refractivity contribution in [3.05, 3.63) is 119 Å². The molecule has 1 heterocycles. The van der Waals surface area contributed by atoms with Gasteiger partial charge in [-0.2, -0.15) is 21.6 Å². The van der Waals surface area contributed by atoms with Crippen LogP contribution in [0.1, 0.15) is 52.6 Å². The van der Waals surface area contributed by atoms with Crippen molar-refractivity contribution in [2.45, 2.75) is 50.3 Å². The molecule has 0 saturated carbocycles. The molecule has 0 saturated heterocycles. The van der Waals surface area contributed by atoms with Crippen molar-refractivity contribution < 1.29 is 35.0 Å². The highest BCUT2D eigenvalue weighted by Gasteiger charge is 2.32. The molecular weight excluding hydrogens is 543 g/mol. The molecule has 4 aromatic rings. The summed E-state index contributed by atoms with van der Waals surface area (Å²) in [4.78, 5) is 14.4. The number of halogens is 3. The largest absolute Gasteiger partial charge is 0.467 e. The molecule has 0 atom stereocenters. The molecule has 1 amide bonds. The molecule has 3 aromatic carbocycles. The summed E-state index contributed by atoms with van der Waals surface area (Å²) in [5, 5.41) is 0. The van der Waals surface area contributed by atoms with Crippen molar-refractivity contribution in [3.63, 3.8) is 0 Å². The van der Waals surface area contributed by atoms with Crippen LogP contribution in [-0.4, -0.2) is 19.2 Å². The van der Waals surface area contributed by atoms with Gasteiger partial charge in [0.05, 0.1) is 18.4 Å². The van der Waals surface area contributed by atoms with E-state index >= 15 is 0 Å². The number of alkyl halides is 3. The first-order valence-corrected chi connectivity index (χ1v) is 14.1. The standard InChI is InChI=1S/C30H28F3NO5S/c1-2-3-7-22-13-15-24(16-14-22)29(35)34(21-27-11-6-17-38-27)20-23-8-4-10-26(18-23)39-40(36,37)28-12-5-9-25(19-28)30(31,32)33/h4-6,8-19H,2-3,7,20-21H2,1H3. The third-order valence-corrected chi connectivity index (χ3v) is 7.40. The van der Waals surface area contributed by atoms with E-state index in [1.165, 1.54) is 18.4 Å². The van der Waals surface area contributed by atoms with Gasteiger partial charge in [-0.1, -0.05) is 43.7 Å². The van der Waals surface area contributed by atoms with E-state index in [9.17, 15) is 26.4 Å². The highest BCUT2D eigenvalue weighted by atomic mass is 32.2. The summed E-state index contributed by atoms with van der Waals surface area (Å²) in [6, 6.07) is 20.3. The quantitative estimate of drug-likeness (QED) is 0.177. The number of furan rings is 1. The van der Waals surface area contributed by atoms with E-state index in [1.54, 1.807) is 41.3 Å². The fourth-order valence-corrected chi connectivity index (χ4v) is 5.06. The van der Waals surface area contributed by atoms with Gasteiger partial charge < -0.3 is 13.5 Å². The summed E-state index contributed by atoms with van der Waals surface area (Å²) in [6.45, 7) is 2.38. The minimum Gasteiger partial charge on any atom is -0.467 e. The van der Waals surface area contributed by atoms with Crippen molar-refractivity contribution >= 4 is 16.0 Å². The Bertz CT molecular complexity index is 1530. The lowest BCUT2D eigenvalue weighted by Crippen LogP contribution is -2.30. The van der Waals surface area contributed by atoms with Crippen molar-refractivity contribution in [1.29, 1.82) is 0 Å². The normalized spacial score (nSPS) is 11.8. The lowest BCUT2D eigenvalue weighted by molar-refractivity contribution is -0.137. The van der Waals surface area contributed by atoms with Crippen molar-refractivity contribution in [1.82, 2.24) is 4.90 Å². The molecule has 1 aromatic heterocycles. The van der Waals surface area contributed by atoms with Crippen LogP contribution in [0.5, 0.6) is 5.75 Å². The Morgan fingerprint density at radius 1 is 0.900 bits per heavy atom. The number of hydrogen-bond acceptors (Lipinski definition) is 5. The molecule has 0 aliphatic carbocycles. The number of amides is 1. The summed E-state index contributed by atoms with van der Waals surface area (Å²) >= 11 is 0. The molecule has 6 nitrogen and oxygen atoms in total. The average Bonchev–Trinajstić information content (AvgIpc) is 3.44. The Morgan fingerprint density at radius 3 is 2.33 bits per heavy atom. The fourth-order valence-electron chi connectivity index (χ4n) is 4.09. The number of hydrogen-bond donors (Lipinski definition) is 0. The fraction of sp³-hybridized carbons (Fsp3) is 0.233. The number of nitrogens with zero attached hydrogens (tertiary/aromatic N) is 1. The number of benzene rings is 3. The average molecular weight is 572 g/mol. The first-order chi connectivity index (χ1) is 19.0. The first kappa shape index (κ1) is 28.9. The second kappa shape index (κ2) is 12.4. The maximum absolute atomic E-state index is 13.5. The lowest BCUT2D eigenvalue weighted by Gasteiger charge is -2.22. The minimum absolute atomic E-state index is 0.0952. The van der Waals surface area contributed by atoms with Gasteiger partial charge in [-0.05, 0) is 78.6 Å². The van der Waals surface area contributed by atoms with E-state index in [0.717, 1.165) is 43.0 Å². The smallest absolute Gasteiger partial charge is 0.416 e. The van der Waals surface area contributed by atoms with Gasteiger partial charge >= 0.3 is 16.3 Å². The molecule has 4 rings (SSSR count). The number of carbonyl (C=O) groups excluding carboxylic acids is 1. The van der Waals surface area contributed by atoms with Gasteiger partial charge in [0.2, 0.25) is 0 Å². The predicted octanol–water partition coefficient (Wildman–Crippen LogP) is 7.25. The summed E-state index contributed by atoms with van der Waals surface area (Å²) in [6.07, 6.45) is -0.141. The predicted molar refractivity (Wildman–Crippen MR) is 143 cm³/mol. The molecule has 0 radical (unpaired) electrons. The van der Waals surface area contributed by atoms with Gasteiger partial charge in [-0.3, -0.25) is 4.79 Å². The lowest BCUT2D eigenvalue weighted by atomic mass is 10.1. The Kier molecular flexibility index (Phi) is 8.99. The van der Waals surface area contributed by atoms with E-state index < -0.39 is 26.8 Å². The molecule has 0 fully saturated rings. The van der Waals surface area contributed by atoms with E-state index in [1.807, 2.05) is 12.1 Å². The molecule has 0 N–H and O–H groups in total. The number of carbonyl (C=O) groups is 1. The van der Waals surface area contributed by atoms with Gasteiger partial charge in [0.1, 0.15) is 16.4 Å². The maximum Gasteiger partial charge on any atom is 0.416 e. The van der Waals surface area contributed by atoms with Crippen LogP contribution >= 0.6 is 0 Å². The highest BCUT2D eigenvalue weighted by molar-refractivity contribution is 7.87.